The van der Waals surface area contributed by atoms with Crippen LogP contribution >= 0.6 is 0 Å². The van der Waals surface area contributed by atoms with Crippen LogP contribution in [0.1, 0.15) is 0 Å². The number of nitrogens with zero attached hydrogens (tertiary/aromatic N) is 5. The summed E-state index contributed by atoms with van der Waals surface area (Å²) in [5, 5.41) is 11.7. The SMILES string of the molecule is c1cc(-c2ccc(-c3nc(-c4ccc5c(ccc6ccccc65)c4)nc(-c4cc5c(cn4)oc4ccccc45)n3)cc2)cc(-n2c3ccccc3c3c4ccccc4ccc32)c1. The number of rotatable bonds is 5. The van der Waals surface area contributed by atoms with E-state index in [1.807, 2.05) is 24.3 Å². The zero-order valence-corrected chi connectivity index (χ0v) is 33.2. The van der Waals surface area contributed by atoms with E-state index in [-0.39, 0.29) is 0 Å². The van der Waals surface area contributed by atoms with Gasteiger partial charge in [-0.2, -0.15) is 0 Å². The molecule has 0 aliphatic heterocycles. The highest BCUT2D eigenvalue weighted by Gasteiger charge is 2.18. The Kier molecular flexibility index (Phi) is 7.50. The average Bonchev–Trinajstić information content (AvgIpc) is 3.89. The molecule has 288 valence electrons. The van der Waals surface area contributed by atoms with Crippen LogP contribution in [0, 0.1) is 0 Å². The summed E-state index contributed by atoms with van der Waals surface area (Å²) < 4.78 is 8.50. The van der Waals surface area contributed by atoms with Crippen LogP contribution in [0.3, 0.4) is 0 Å². The van der Waals surface area contributed by atoms with Crippen LogP contribution in [0.4, 0.5) is 0 Å². The zero-order chi connectivity index (χ0) is 40.7. The van der Waals surface area contributed by atoms with E-state index in [0.29, 0.717) is 23.2 Å². The molecule has 0 saturated carbocycles. The van der Waals surface area contributed by atoms with E-state index >= 15 is 0 Å². The van der Waals surface area contributed by atoms with Crippen molar-refractivity contribution in [3.8, 4) is 51.1 Å². The molecule has 0 aliphatic rings. The Balaban J connectivity index is 0.924. The summed E-state index contributed by atoms with van der Waals surface area (Å²) in [7, 11) is 0. The van der Waals surface area contributed by atoms with E-state index in [9.17, 15) is 0 Å². The summed E-state index contributed by atoms with van der Waals surface area (Å²) in [5.41, 5.74) is 9.66. The van der Waals surface area contributed by atoms with E-state index in [4.69, 9.17) is 24.4 Å². The van der Waals surface area contributed by atoms with Crippen molar-refractivity contribution < 1.29 is 4.42 Å². The lowest BCUT2D eigenvalue weighted by Crippen LogP contribution is -2.01. The fourth-order valence-corrected chi connectivity index (χ4v) is 9.31. The molecule has 0 aliphatic carbocycles. The quantitative estimate of drug-likeness (QED) is 0.162. The molecule has 4 heterocycles. The first-order chi connectivity index (χ1) is 30.7. The molecule has 0 spiro atoms. The Bertz CT molecular complexity index is 3940. The van der Waals surface area contributed by atoms with Crippen molar-refractivity contribution in [2.45, 2.75) is 0 Å². The van der Waals surface area contributed by atoms with Gasteiger partial charge in [-0.15, -0.1) is 0 Å². The lowest BCUT2D eigenvalue weighted by molar-refractivity contribution is 0.667. The second-order valence-corrected chi connectivity index (χ2v) is 15.9. The summed E-state index contributed by atoms with van der Waals surface area (Å²) >= 11 is 0. The maximum Gasteiger partial charge on any atom is 0.182 e. The molecule has 6 nitrogen and oxygen atoms in total. The number of para-hydroxylation sites is 2. The van der Waals surface area contributed by atoms with Gasteiger partial charge < -0.3 is 8.98 Å². The molecule has 4 aromatic heterocycles. The standard InChI is InChI=1S/C56H33N5O/c1-3-14-42-35(10-1)22-25-39-30-40(26-28-43(39)42)55-58-54(59-56(60-55)48-32-47-45-16-6-8-19-51(45)62-52(47)33-57-48)37-23-20-34(21-24-37)38-12-9-13-41(31-38)61-49-18-7-5-17-46(49)53-44-15-4-2-11-36(44)27-29-50(53)61/h1-33H. The highest BCUT2D eigenvalue weighted by atomic mass is 16.3. The van der Waals surface area contributed by atoms with Crippen molar-refractivity contribution in [3.63, 3.8) is 0 Å². The first-order valence-corrected chi connectivity index (χ1v) is 20.8. The third-order valence-electron chi connectivity index (χ3n) is 12.3. The molecular formula is C56H33N5O. The Hall–Kier alpha value is -8.48. The van der Waals surface area contributed by atoms with E-state index in [1.165, 1.54) is 48.7 Å². The molecule has 0 bridgehead atoms. The lowest BCUT2D eigenvalue weighted by atomic mass is 10.00. The molecule has 0 fully saturated rings. The molecule has 0 unspecified atom stereocenters. The summed E-state index contributed by atoms with van der Waals surface area (Å²) in [6.45, 7) is 0. The van der Waals surface area contributed by atoms with Crippen LogP contribution in [0.5, 0.6) is 0 Å². The highest BCUT2D eigenvalue weighted by Crippen LogP contribution is 2.38. The van der Waals surface area contributed by atoms with Crippen LogP contribution in [0.2, 0.25) is 0 Å². The monoisotopic (exact) mass is 791 g/mol. The number of fused-ring (bicyclic) bond motifs is 11. The highest BCUT2D eigenvalue weighted by molar-refractivity contribution is 6.21. The predicted molar refractivity (Wildman–Crippen MR) is 254 cm³/mol. The second kappa shape index (κ2) is 13.5. The number of furan rings is 1. The number of pyridine rings is 1. The van der Waals surface area contributed by atoms with Crippen molar-refractivity contribution in [2.75, 3.05) is 0 Å². The predicted octanol–water partition coefficient (Wildman–Crippen LogP) is 14.4. The number of hydrogen-bond acceptors (Lipinski definition) is 5. The van der Waals surface area contributed by atoms with Gasteiger partial charge in [0.25, 0.3) is 0 Å². The zero-order valence-electron chi connectivity index (χ0n) is 33.2. The van der Waals surface area contributed by atoms with Gasteiger partial charge in [-0.05, 0) is 85.9 Å². The minimum atomic E-state index is 0.492. The van der Waals surface area contributed by atoms with Crippen molar-refractivity contribution in [3.05, 3.63) is 200 Å². The van der Waals surface area contributed by atoms with Crippen LogP contribution in [0.15, 0.2) is 205 Å². The summed E-state index contributed by atoms with van der Waals surface area (Å²) in [6, 6.07) is 68.4. The molecule has 0 saturated heterocycles. The van der Waals surface area contributed by atoms with E-state index in [1.54, 1.807) is 6.20 Å². The van der Waals surface area contributed by atoms with Crippen molar-refractivity contribution in [1.82, 2.24) is 24.5 Å². The molecule has 9 aromatic carbocycles. The number of hydrogen-bond donors (Lipinski definition) is 0. The number of aromatic nitrogens is 5. The smallest absolute Gasteiger partial charge is 0.182 e. The second-order valence-electron chi connectivity index (χ2n) is 15.9. The summed E-state index contributed by atoms with van der Waals surface area (Å²) in [6.07, 6.45) is 1.76. The summed E-state index contributed by atoms with van der Waals surface area (Å²) in [5.74, 6) is 1.64. The largest absolute Gasteiger partial charge is 0.454 e. The van der Waals surface area contributed by atoms with Crippen LogP contribution in [0.25, 0.3) is 127 Å². The lowest BCUT2D eigenvalue weighted by Gasteiger charge is -2.12. The van der Waals surface area contributed by atoms with Gasteiger partial charge in [0, 0.05) is 38.4 Å². The van der Waals surface area contributed by atoms with Crippen molar-refractivity contribution in [1.29, 1.82) is 0 Å². The topological polar surface area (TPSA) is 69.6 Å². The Labute approximate surface area is 355 Å². The Morgan fingerprint density at radius 1 is 0.355 bits per heavy atom. The van der Waals surface area contributed by atoms with Gasteiger partial charge in [0.1, 0.15) is 11.3 Å². The Morgan fingerprint density at radius 2 is 1.00 bits per heavy atom. The minimum absolute atomic E-state index is 0.492. The molecule has 13 aromatic rings. The fourth-order valence-electron chi connectivity index (χ4n) is 9.31. The maximum atomic E-state index is 6.11. The van der Waals surface area contributed by atoms with E-state index in [0.717, 1.165) is 55.3 Å². The first kappa shape index (κ1) is 34.4. The van der Waals surface area contributed by atoms with Gasteiger partial charge in [0.15, 0.2) is 23.1 Å². The molecule has 62 heavy (non-hydrogen) atoms. The first-order valence-electron chi connectivity index (χ1n) is 20.8. The molecule has 0 amide bonds. The molecule has 0 atom stereocenters. The van der Waals surface area contributed by atoms with E-state index in [2.05, 4.69) is 174 Å². The van der Waals surface area contributed by atoms with Gasteiger partial charge in [-0.3, -0.25) is 0 Å². The number of benzene rings is 9. The maximum absolute atomic E-state index is 6.11. The van der Waals surface area contributed by atoms with Crippen molar-refractivity contribution in [2.24, 2.45) is 0 Å². The van der Waals surface area contributed by atoms with Crippen LogP contribution in [-0.2, 0) is 0 Å². The molecule has 0 N–H and O–H groups in total. The van der Waals surface area contributed by atoms with E-state index < -0.39 is 0 Å². The van der Waals surface area contributed by atoms with Gasteiger partial charge in [0.05, 0.1) is 17.2 Å². The minimum Gasteiger partial charge on any atom is -0.454 e. The molecule has 6 heteroatoms. The normalized spacial score (nSPS) is 11.9. The summed E-state index contributed by atoms with van der Waals surface area (Å²) in [4.78, 5) is 20.1. The fraction of sp³-hybridized carbons (Fsp3) is 0. The third kappa shape index (κ3) is 5.44. The Morgan fingerprint density at radius 3 is 1.87 bits per heavy atom. The van der Waals surface area contributed by atoms with Gasteiger partial charge in [-0.25, -0.2) is 19.9 Å². The van der Waals surface area contributed by atoms with Gasteiger partial charge in [-0.1, -0.05) is 152 Å². The van der Waals surface area contributed by atoms with Crippen LogP contribution in [-0.4, -0.2) is 24.5 Å². The van der Waals surface area contributed by atoms with Gasteiger partial charge in [0.2, 0.25) is 0 Å². The molecule has 13 rings (SSSR count). The molecular weight excluding hydrogens is 759 g/mol. The van der Waals surface area contributed by atoms with Crippen LogP contribution < -0.4 is 0 Å². The molecule has 0 radical (unpaired) electrons. The van der Waals surface area contributed by atoms with Crippen molar-refractivity contribution >= 4 is 76.1 Å². The van der Waals surface area contributed by atoms with Gasteiger partial charge >= 0.3 is 0 Å². The third-order valence-corrected chi connectivity index (χ3v) is 12.3. The average molecular weight is 792 g/mol.